The molecule has 1 aromatic carbocycles. The van der Waals surface area contributed by atoms with Gasteiger partial charge in [0.05, 0.1) is 24.5 Å². The van der Waals surface area contributed by atoms with E-state index in [1.165, 1.54) is 14.0 Å². The third-order valence-corrected chi connectivity index (χ3v) is 5.08. The first-order valence-electron chi connectivity index (χ1n) is 5.38. The normalized spacial score (nSPS) is 13.1. The second-order valence-corrected chi connectivity index (χ2v) is 6.82. The van der Waals surface area contributed by atoms with Crippen molar-refractivity contribution in [3.63, 3.8) is 0 Å². The molecule has 6 heteroatoms. The van der Waals surface area contributed by atoms with E-state index in [4.69, 9.17) is 11.6 Å². The van der Waals surface area contributed by atoms with E-state index in [1.54, 1.807) is 24.3 Å². The van der Waals surface area contributed by atoms with Crippen LogP contribution in [0.15, 0.2) is 24.3 Å². The lowest BCUT2D eigenvalue weighted by molar-refractivity contribution is -0.140. The van der Waals surface area contributed by atoms with Crippen LogP contribution in [-0.2, 0) is 25.1 Å². The molecule has 0 bridgehead atoms. The van der Waals surface area contributed by atoms with E-state index in [9.17, 15) is 13.2 Å². The Morgan fingerprint density at radius 2 is 2.00 bits per heavy atom. The molecule has 0 aliphatic heterocycles. The van der Waals surface area contributed by atoms with Crippen LogP contribution < -0.4 is 0 Å². The van der Waals surface area contributed by atoms with Gasteiger partial charge in [-0.25, -0.2) is 8.42 Å². The highest BCUT2D eigenvalue weighted by atomic mass is 35.5. The van der Waals surface area contributed by atoms with Gasteiger partial charge in [-0.15, -0.1) is 0 Å². The molecule has 0 aliphatic rings. The standard InChI is InChI=1S/C12H15ClO4S/c1-9(7-12(14)17-2)18(15,16)8-10-5-3-4-6-11(10)13/h3-6,9H,7-8H2,1-2H3. The molecule has 0 aromatic heterocycles. The summed E-state index contributed by atoms with van der Waals surface area (Å²) in [6.45, 7) is 1.49. The van der Waals surface area contributed by atoms with Gasteiger partial charge in [0.25, 0.3) is 0 Å². The van der Waals surface area contributed by atoms with Gasteiger partial charge < -0.3 is 4.74 Å². The average Bonchev–Trinajstić information content (AvgIpc) is 2.31. The molecule has 1 atom stereocenters. The quantitative estimate of drug-likeness (QED) is 0.780. The molecule has 18 heavy (non-hydrogen) atoms. The number of methoxy groups -OCH3 is 1. The van der Waals surface area contributed by atoms with Crippen molar-refractivity contribution in [3.05, 3.63) is 34.9 Å². The summed E-state index contributed by atoms with van der Waals surface area (Å²) < 4.78 is 28.5. The van der Waals surface area contributed by atoms with Gasteiger partial charge in [0.1, 0.15) is 0 Å². The summed E-state index contributed by atoms with van der Waals surface area (Å²) in [5.74, 6) is -0.713. The van der Waals surface area contributed by atoms with Gasteiger partial charge in [0.2, 0.25) is 0 Å². The topological polar surface area (TPSA) is 60.4 Å². The Morgan fingerprint density at radius 1 is 1.39 bits per heavy atom. The Kier molecular flexibility index (Phi) is 5.16. The van der Waals surface area contributed by atoms with E-state index >= 15 is 0 Å². The van der Waals surface area contributed by atoms with Gasteiger partial charge in [-0.3, -0.25) is 4.79 Å². The van der Waals surface area contributed by atoms with Crippen LogP contribution in [0.1, 0.15) is 18.9 Å². The smallest absolute Gasteiger partial charge is 0.306 e. The number of sulfone groups is 1. The molecule has 0 saturated heterocycles. The highest BCUT2D eigenvalue weighted by Crippen LogP contribution is 2.20. The number of hydrogen-bond donors (Lipinski definition) is 0. The predicted octanol–water partition coefficient (Wildman–Crippen LogP) is 2.21. The van der Waals surface area contributed by atoms with Crippen molar-refractivity contribution in [2.24, 2.45) is 0 Å². The van der Waals surface area contributed by atoms with Crippen LogP contribution in [-0.4, -0.2) is 26.7 Å². The lowest BCUT2D eigenvalue weighted by Crippen LogP contribution is -2.23. The van der Waals surface area contributed by atoms with Crippen molar-refractivity contribution in [1.82, 2.24) is 0 Å². The third-order valence-electron chi connectivity index (χ3n) is 2.61. The number of carbonyl (C=O) groups excluding carboxylic acids is 1. The van der Waals surface area contributed by atoms with Crippen molar-refractivity contribution in [3.8, 4) is 0 Å². The first-order chi connectivity index (χ1) is 8.36. The number of esters is 1. The van der Waals surface area contributed by atoms with Crippen LogP contribution in [0, 0.1) is 0 Å². The maximum atomic E-state index is 12.0. The highest BCUT2D eigenvalue weighted by molar-refractivity contribution is 7.91. The van der Waals surface area contributed by atoms with Gasteiger partial charge >= 0.3 is 5.97 Å². The Bertz CT molecular complexity index is 525. The van der Waals surface area contributed by atoms with Crippen molar-refractivity contribution < 1.29 is 17.9 Å². The molecule has 4 nitrogen and oxygen atoms in total. The van der Waals surface area contributed by atoms with Gasteiger partial charge in [0.15, 0.2) is 9.84 Å². The van der Waals surface area contributed by atoms with Crippen LogP contribution >= 0.6 is 11.6 Å². The minimum absolute atomic E-state index is 0.150. The fraction of sp³-hybridized carbons (Fsp3) is 0.417. The zero-order valence-corrected chi connectivity index (χ0v) is 11.8. The number of rotatable bonds is 5. The molecule has 1 aromatic rings. The SMILES string of the molecule is COC(=O)CC(C)S(=O)(=O)Cc1ccccc1Cl. The maximum absolute atomic E-state index is 12.0. The molecule has 0 radical (unpaired) electrons. The molecule has 1 rings (SSSR count). The second-order valence-electron chi connectivity index (χ2n) is 3.99. The van der Waals surface area contributed by atoms with Crippen molar-refractivity contribution in [1.29, 1.82) is 0 Å². The van der Waals surface area contributed by atoms with Crippen LogP contribution in [0.25, 0.3) is 0 Å². The summed E-state index contributed by atoms with van der Waals surface area (Å²) in [4.78, 5) is 11.1. The van der Waals surface area contributed by atoms with Gasteiger partial charge in [0, 0.05) is 5.02 Å². The Hall–Kier alpha value is -1.07. The largest absolute Gasteiger partial charge is 0.469 e. The maximum Gasteiger partial charge on any atom is 0.306 e. The molecule has 0 heterocycles. The van der Waals surface area contributed by atoms with E-state index < -0.39 is 21.1 Å². The van der Waals surface area contributed by atoms with E-state index in [-0.39, 0.29) is 12.2 Å². The molecule has 0 fully saturated rings. The van der Waals surface area contributed by atoms with Crippen molar-refractivity contribution >= 4 is 27.4 Å². The minimum atomic E-state index is -3.43. The van der Waals surface area contributed by atoms with E-state index in [2.05, 4.69) is 4.74 Å². The fourth-order valence-corrected chi connectivity index (χ4v) is 3.06. The summed E-state index contributed by atoms with van der Waals surface area (Å²) in [6.07, 6.45) is -0.150. The Balaban J connectivity index is 2.82. The summed E-state index contributed by atoms with van der Waals surface area (Å²) in [7, 11) is -2.19. The summed E-state index contributed by atoms with van der Waals surface area (Å²) in [5, 5.41) is -0.382. The molecule has 0 N–H and O–H groups in total. The number of benzene rings is 1. The van der Waals surface area contributed by atoms with Crippen molar-refractivity contribution in [2.45, 2.75) is 24.3 Å². The van der Waals surface area contributed by atoms with E-state index in [1.807, 2.05) is 0 Å². The van der Waals surface area contributed by atoms with Gasteiger partial charge in [-0.2, -0.15) is 0 Å². The van der Waals surface area contributed by atoms with Gasteiger partial charge in [-0.05, 0) is 18.6 Å². The number of ether oxygens (including phenoxy) is 1. The second kappa shape index (κ2) is 6.20. The lowest BCUT2D eigenvalue weighted by atomic mass is 10.2. The van der Waals surface area contributed by atoms with E-state index in [0.717, 1.165) is 0 Å². The third kappa shape index (κ3) is 3.99. The summed E-state index contributed by atoms with van der Waals surface area (Å²) >= 11 is 5.91. The zero-order valence-electron chi connectivity index (χ0n) is 10.2. The Labute approximate surface area is 112 Å². The first-order valence-corrected chi connectivity index (χ1v) is 7.48. The molecular formula is C12H15ClO4S. The monoisotopic (exact) mass is 290 g/mol. The summed E-state index contributed by atoms with van der Waals surface area (Å²) in [5.41, 5.74) is 0.538. The number of halogens is 1. The number of hydrogen-bond acceptors (Lipinski definition) is 4. The summed E-state index contributed by atoms with van der Waals surface area (Å²) in [6, 6.07) is 6.75. The van der Waals surface area contributed by atoms with Crippen molar-refractivity contribution in [2.75, 3.05) is 7.11 Å². The molecule has 0 aliphatic carbocycles. The predicted molar refractivity (Wildman–Crippen MR) is 70.2 cm³/mol. The Morgan fingerprint density at radius 3 is 2.56 bits per heavy atom. The highest BCUT2D eigenvalue weighted by Gasteiger charge is 2.25. The zero-order chi connectivity index (χ0) is 13.8. The molecular weight excluding hydrogens is 276 g/mol. The van der Waals surface area contributed by atoms with Gasteiger partial charge in [-0.1, -0.05) is 29.8 Å². The molecule has 1 unspecified atom stereocenters. The van der Waals surface area contributed by atoms with Crippen LogP contribution in [0.5, 0.6) is 0 Å². The van der Waals surface area contributed by atoms with Crippen LogP contribution in [0.3, 0.4) is 0 Å². The minimum Gasteiger partial charge on any atom is -0.469 e. The molecule has 0 amide bonds. The lowest BCUT2D eigenvalue weighted by Gasteiger charge is -2.12. The first kappa shape index (κ1) is 15.0. The average molecular weight is 291 g/mol. The van der Waals surface area contributed by atoms with Crippen LogP contribution in [0.2, 0.25) is 5.02 Å². The van der Waals surface area contributed by atoms with Crippen LogP contribution in [0.4, 0.5) is 0 Å². The molecule has 0 saturated carbocycles. The molecule has 0 spiro atoms. The van der Waals surface area contributed by atoms with E-state index in [0.29, 0.717) is 10.6 Å². The number of carbonyl (C=O) groups is 1. The fourth-order valence-electron chi connectivity index (χ4n) is 1.42. The molecule has 100 valence electrons.